The zero-order valence-corrected chi connectivity index (χ0v) is 13.4. The van der Waals surface area contributed by atoms with Gasteiger partial charge in [-0.15, -0.1) is 0 Å². The first-order chi connectivity index (χ1) is 12.2. The van der Waals surface area contributed by atoms with Crippen molar-refractivity contribution in [1.82, 2.24) is 15.3 Å². The van der Waals surface area contributed by atoms with Crippen LogP contribution < -0.4 is 19.7 Å². The number of anilines is 1. The molecule has 1 amide bonds. The summed E-state index contributed by atoms with van der Waals surface area (Å²) in [6, 6.07) is 4.31. The minimum Gasteiger partial charge on any atom is -0.454 e. The molecule has 1 aromatic carbocycles. The van der Waals surface area contributed by atoms with Gasteiger partial charge in [-0.05, 0) is 31.0 Å². The number of hydrogen-bond acceptors (Lipinski definition) is 6. The van der Waals surface area contributed by atoms with Gasteiger partial charge in [-0.25, -0.2) is 14.4 Å². The Hall–Kier alpha value is -2.90. The van der Waals surface area contributed by atoms with Crippen molar-refractivity contribution >= 4 is 11.9 Å². The molecule has 2 aliphatic rings. The number of benzene rings is 1. The van der Waals surface area contributed by atoms with E-state index in [2.05, 4.69) is 15.3 Å². The van der Waals surface area contributed by atoms with Crippen LogP contribution in [0.2, 0.25) is 0 Å². The molecule has 1 fully saturated rings. The molecule has 1 atom stereocenters. The predicted octanol–water partition coefficient (Wildman–Crippen LogP) is 1.74. The van der Waals surface area contributed by atoms with Crippen LogP contribution in [0.1, 0.15) is 23.2 Å². The van der Waals surface area contributed by atoms with E-state index in [0.717, 1.165) is 19.4 Å². The van der Waals surface area contributed by atoms with E-state index < -0.39 is 11.7 Å². The Labute approximate surface area is 143 Å². The molecular weight excluding hydrogens is 327 g/mol. The van der Waals surface area contributed by atoms with Crippen LogP contribution in [-0.4, -0.2) is 41.8 Å². The van der Waals surface area contributed by atoms with Crippen LogP contribution in [0.4, 0.5) is 10.3 Å². The van der Waals surface area contributed by atoms with Gasteiger partial charge in [0.05, 0.1) is 0 Å². The Balaban J connectivity index is 1.49. The predicted molar refractivity (Wildman–Crippen MR) is 87.3 cm³/mol. The monoisotopic (exact) mass is 344 g/mol. The van der Waals surface area contributed by atoms with Gasteiger partial charge in [0.2, 0.25) is 12.7 Å². The number of carbonyl (C=O) groups is 1. The standard InChI is InChI=1S/C17H17FN4O3/c18-12-4-5-13-15(25-10-24-13)14(12)16(23)21-11-3-1-8-22(9-11)17-19-6-2-7-20-17/h2,4-7,11H,1,3,8-10H2,(H,21,23). The second kappa shape index (κ2) is 6.54. The number of amides is 1. The molecule has 1 saturated heterocycles. The van der Waals surface area contributed by atoms with Crippen molar-refractivity contribution in [1.29, 1.82) is 0 Å². The number of nitrogens with one attached hydrogen (secondary N) is 1. The maximum atomic E-state index is 14.2. The van der Waals surface area contributed by atoms with Gasteiger partial charge < -0.3 is 19.7 Å². The Bertz CT molecular complexity index is 787. The third-order valence-corrected chi connectivity index (χ3v) is 4.31. The second-order valence-corrected chi connectivity index (χ2v) is 5.96. The van der Waals surface area contributed by atoms with Gasteiger partial charge in [-0.1, -0.05) is 0 Å². The zero-order chi connectivity index (χ0) is 17.2. The highest BCUT2D eigenvalue weighted by Crippen LogP contribution is 2.37. The number of hydrogen-bond donors (Lipinski definition) is 1. The van der Waals surface area contributed by atoms with Crippen molar-refractivity contribution < 1.29 is 18.7 Å². The van der Waals surface area contributed by atoms with E-state index in [4.69, 9.17) is 9.47 Å². The summed E-state index contributed by atoms with van der Waals surface area (Å²) in [6.07, 6.45) is 5.07. The van der Waals surface area contributed by atoms with Gasteiger partial charge in [-0.3, -0.25) is 4.79 Å². The summed E-state index contributed by atoms with van der Waals surface area (Å²) >= 11 is 0. The lowest BCUT2D eigenvalue weighted by Gasteiger charge is -2.33. The van der Waals surface area contributed by atoms with E-state index in [9.17, 15) is 9.18 Å². The summed E-state index contributed by atoms with van der Waals surface area (Å²) < 4.78 is 24.6. The summed E-state index contributed by atoms with van der Waals surface area (Å²) in [4.78, 5) is 23.1. The fourth-order valence-electron chi connectivity index (χ4n) is 3.15. The molecule has 0 radical (unpaired) electrons. The highest BCUT2D eigenvalue weighted by atomic mass is 19.1. The van der Waals surface area contributed by atoms with Crippen LogP contribution in [0.25, 0.3) is 0 Å². The Morgan fingerprint density at radius 2 is 2.12 bits per heavy atom. The smallest absolute Gasteiger partial charge is 0.258 e. The number of fused-ring (bicyclic) bond motifs is 1. The molecule has 130 valence electrons. The van der Waals surface area contributed by atoms with Gasteiger partial charge in [0.25, 0.3) is 5.91 Å². The van der Waals surface area contributed by atoms with Gasteiger partial charge in [0.1, 0.15) is 11.4 Å². The Morgan fingerprint density at radius 3 is 2.96 bits per heavy atom. The van der Waals surface area contributed by atoms with Gasteiger partial charge >= 0.3 is 0 Å². The topological polar surface area (TPSA) is 76.6 Å². The zero-order valence-electron chi connectivity index (χ0n) is 13.4. The highest BCUT2D eigenvalue weighted by molar-refractivity contribution is 5.98. The van der Waals surface area contributed by atoms with Crippen LogP contribution in [0, 0.1) is 5.82 Å². The summed E-state index contributed by atoms with van der Waals surface area (Å²) in [5, 5.41) is 2.89. The molecule has 0 saturated carbocycles. The summed E-state index contributed by atoms with van der Waals surface area (Å²) in [7, 11) is 0. The number of aromatic nitrogens is 2. The molecule has 8 heteroatoms. The molecule has 3 heterocycles. The number of ether oxygens (including phenoxy) is 2. The van der Waals surface area contributed by atoms with Gasteiger partial charge in [-0.2, -0.15) is 0 Å². The van der Waals surface area contributed by atoms with Crippen LogP contribution >= 0.6 is 0 Å². The first kappa shape index (κ1) is 15.6. The summed E-state index contributed by atoms with van der Waals surface area (Å²) in [5.41, 5.74) is -0.108. The van der Waals surface area contributed by atoms with Gasteiger partial charge in [0.15, 0.2) is 11.5 Å². The van der Waals surface area contributed by atoms with Gasteiger partial charge in [0, 0.05) is 31.5 Å². The molecule has 25 heavy (non-hydrogen) atoms. The van der Waals surface area contributed by atoms with Crippen molar-refractivity contribution in [3.63, 3.8) is 0 Å². The summed E-state index contributed by atoms with van der Waals surface area (Å²) in [6.45, 7) is 1.38. The van der Waals surface area contributed by atoms with Crippen LogP contribution in [0.3, 0.4) is 0 Å². The first-order valence-corrected chi connectivity index (χ1v) is 8.13. The normalized spacial score (nSPS) is 18.9. The molecule has 2 aromatic rings. The Morgan fingerprint density at radius 1 is 1.28 bits per heavy atom. The van der Waals surface area contributed by atoms with Crippen molar-refractivity contribution in [3.05, 3.63) is 42.0 Å². The quantitative estimate of drug-likeness (QED) is 0.914. The molecule has 1 unspecified atom stereocenters. The summed E-state index contributed by atoms with van der Waals surface area (Å²) in [5.74, 6) is 0.0533. The minimum atomic E-state index is -0.624. The maximum absolute atomic E-state index is 14.2. The van der Waals surface area contributed by atoms with Crippen molar-refractivity contribution in [2.24, 2.45) is 0 Å². The number of carbonyl (C=O) groups excluding carboxylic acids is 1. The minimum absolute atomic E-state index is 0.0123. The second-order valence-electron chi connectivity index (χ2n) is 5.96. The number of nitrogens with zero attached hydrogens (tertiary/aromatic N) is 3. The van der Waals surface area contributed by atoms with Crippen LogP contribution in [0.15, 0.2) is 30.6 Å². The van der Waals surface area contributed by atoms with Crippen molar-refractivity contribution in [3.8, 4) is 11.5 Å². The van der Waals surface area contributed by atoms with E-state index in [1.807, 2.05) is 4.90 Å². The average Bonchev–Trinajstić information content (AvgIpc) is 3.11. The molecule has 4 rings (SSSR count). The van der Waals surface area contributed by atoms with E-state index in [1.54, 1.807) is 18.5 Å². The average molecular weight is 344 g/mol. The molecule has 0 bridgehead atoms. The lowest BCUT2D eigenvalue weighted by atomic mass is 10.0. The number of rotatable bonds is 3. The highest BCUT2D eigenvalue weighted by Gasteiger charge is 2.29. The molecule has 0 aliphatic carbocycles. The molecule has 1 N–H and O–H groups in total. The van der Waals surface area contributed by atoms with E-state index in [0.29, 0.717) is 18.2 Å². The number of halogens is 1. The van der Waals surface area contributed by atoms with E-state index in [1.165, 1.54) is 12.1 Å². The van der Waals surface area contributed by atoms with Crippen molar-refractivity contribution in [2.45, 2.75) is 18.9 Å². The lowest BCUT2D eigenvalue weighted by molar-refractivity contribution is 0.0924. The maximum Gasteiger partial charge on any atom is 0.258 e. The van der Waals surface area contributed by atoms with Crippen molar-refractivity contribution in [2.75, 3.05) is 24.8 Å². The number of piperidine rings is 1. The van der Waals surface area contributed by atoms with E-state index >= 15 is 0 Å². The molecule has 7 nitrogen and oxygen atoms in total. The first-order valence-electron chi connectivity index (χ1n) is 8.13. The third-order valence-electron chi connectivity index (χ3n) is 4.31. The lowest BCUT2D eigenvalue weighted by Crippen LogP contribution is -2.48. The fourth-order valence-corrected chi connectivity index (χ4v) is 3.15. The Kier molecular flexibility index (Phi) is 4.09. The molecule has 0 spiro atoms. The third kappa shape index (κ3) is 3.07. The SMILES string of the molecule is O=C(NC1CCCN(c2ncccn2)C1)c1c(F)ccc2c1OCO2. The van der Waals surface area contributed by atoms with E-state index in [-0.39, 0.29) is 24.1 Å². The molecule has 1 aromatic heterocycles. The largest absolute Gasteiger partial charge is 0.454 e. The molecule has 2 aliphatic heterocycles. The van der Waals surface area contributed by atoms with Crippen LogP contribution in [0.5, 0.6) is 11.5 Å². The van der Waals surface area contributed by atoms with Crippen LogP contribution in [-0.2, 0) is 0 Å². The fraction of sp³-hybridized carbons (Fsp3) is 0.353. The molecular formula is C17H17FN4O3.